The lowest BCUT2D eigenvalue weighted by atomic mass is 10.0. The van der Waals surface area contributed by atoms with Gasteiger partial charge >= 0.3 is 0 Å². The number of nitrogens with zero attached hydrogens (tertiary/aromatic N) is 1. The predicted molar refractivity (Wildman–Crippen MR) is 113 cm³/mol. The number of aliphatic hydroxyl groups is 2. The van der Waals surface area contributed by atoms with Crippen molar-refractivity contribution in [2.24, 2.45) is 0 Å². The molecule has 3 rings (SSSR count). The number of aromatic nitrogens is 1. The molecule has 160 valence electrons. The molecule has 30 heavy (non-hydrogen) atoms. The van der Waals surface area contributed by atoms with E-state index in [9.17, 15) is 24.5 Å². The smallest absolute Gasteiger partial charge is 0.123 e. The van der Waals surface area contributed by atoms with E-state index in [2.05, 4.69) is 30.6 Å². The van der Waals surface area contributed by atoms with E-state index in [1.54, 1.807) is 24.3 Å². The first-order chi connectivity index (χ1) is 14.3. The van der Waals surface area contributed by atoms with Crippen molar-refractivity contribution in [3.05, 3.63) is 52.4 Å². The van der Waals surface area contributed by atoms with Crippen molar-refractivity contribution in [1.82, 2.24) is 4.57 Å². The van der Waals surface area contributed by atoms with E-state index in [1.165, 1.54) is 12.1 Å². The highest BCUT2D eigenvalue weighted by molar-refractivity contribution is 5.76. The maximum atomic E-state index is 13.5. The number of halogens is 1. The molecule has 6 heteroatoms. The number of carboxylic acid groups (broad SMARTS) is 1. The van der Waals surface area contributed by atoms with E-state index in [1.807, 2.05) is 0 Å². The molecule has 0 radical (unpaired) electrons. The van der Waals surface area contributed by atoms with Crippen LogP contribution in [-0.2, 0) is 4.79 Å². The van der Waals surface area contributed by atoms with Crippen molar-refractivity contribution in [3.8, 4) is 11.1 Å². The van der Waals surface area contributed by atoms with E-state index in [0.717, 1.165) is 40.2 Å². The fraction of sp³-hybridized carbons (Fsp3) is 0.375. The van der Waals surface area contributed by atoms with Gasteiger partial charge in [0.05, 0.1) is 12.2 Å². The van der Waals surface area contributed by atoms with Crippen molar-refractivity contribution in [1.29, 1.82) is 0 Å². The number of aliphatic carboxylic acids is 1. The fourth-order valence-corrected chi connectivity index (χ4v) is 3.98. The maximum absolute atomic E-state index is 13.5. The van der Waals surface area contributed by atoms with E-state index >= 15 is 0 Å². The van der Waals surface area contributed by atoms with Gasteiger partial charge in [-0.2, -0.15) is 0 Å². The minimum atomic E-state index is -1.36. The normalized spacial score (nSPS) is 15.5. The van der Waals surface area contributed by atoms with Crippen LogP contribution in [-0.4, -0.2) is 33.0 Å². The molecular formula is C24H27FNO4-. The lowest BCUT2D eigenvalue weighted by Crippen LogP contribution is -2.32. The van der Waals surface area contributed by atoms with Crippen molar-refractivity contribution in [3.63, 3.8) is 0 Å². The molecule has 0 saturated heterocycles. The van der Waals surface area contributed by atoms with Crippen LogP contribution in [0, 0.1) is 5.82 Å². The molecule has 0 bridgehead atoms. The number of benzene rings is 1. The summed E-state index contributed by atoms with van der Waals surface area (Å²) in [6.07, 6.45) is 6.78. The first-order valence-corrected chi connectivity index (χ1v) is 10.2. The van der Waals surface area contributed by atoms with Gasteiger partial charge < -0.3 is 24.7 Å². The Hall–Kier alpha value is -2.70. The van der Waals surface area contributed by atoms with Crippen molar-refractivity contribution >= 4 is 24.2 Å². The summed E-state index contributed by atoms with van der Waals surface area (Å²) in [6.45, 7) is 4.16. The summed E-state index contributed by atoms with van der Waals surface area (Å²) in [4.78, 5) is 10.6. The Kier molecular flexibility index (Phi) is 6.90. The third-order valence-corrected chi connectivity index (χ3v) is 5.21. The Bertz CT molecular complexity index is 1050. The lowest BCUT2D eigenvalue weighted by Gasteiger charge is -2.15. The molecular weight excluding hydrogens is 385 g/mol. The number of fused-ring (bicyclic) bond motifs is 1. The molecule has 1 aliphatic rings. The quantitative estimate of drug-likeness (QED) is 0.688. The summed E-state index contributed by atoms with van der Waals surface area (Å²) in [6, 6.07) is 6.50. The zero-order valence-electron chi connectivity index (χ0n) is 17.2. The molecule has 1 heterocycles. The number of hydrogen-bond acceptors (Lipinski definition) is 4. The van der Waals surface area contributed by atoms with Crippen molar-refractivity contribution in [2.75, 3.05) is 0 Å². The Balaban J connectivity index is 2.08. The molecule has 2 atom stereocenters. The Morgan fingerprint density at radius 1 is 1.20 bits per heavy atom. The van der Waals surface area contributed by atoms with Gasteiger partial charge in [0.1, 0.15) is 5.82 Å². The Morgan fingerprint density at radius 2 is 1.87 bits per heavy atom. The number of rotatable bonds is 8. The molecule has 5 nitrogen and oxygen atoms in total. The Morgan fingerprint density at radius 3 is 2.50 bits per heavy atom. The highest BCUT2D eigenvalue weighted by Crippen LogP contribution is 2.25. The van der Waals surface area contributed by atoms with Gasteiger partial charge in [-0.1, -0.05) is 30.4 Å². The van der Waals surface area contributed by atoms with E-state index in [0.29, 0.717) is 0 Å². The van der Waals surface area contributed by atoms with Crippen LogP contribution in [0.25, 0.3) is 29.4 Å². The lowest BCUT2D eigenvalue weighted by molar-refractivity contribution is -0.307. The van der Waals surface area contributed by atoms with E-state index in [4.69, 9.17) is 0 Å². The average molecular weight is 412 g/mol. The SMILES string of the molecule is CC(C)n1c(/C=C/[C@H](O)C[C@H](O)CC(=O)[O-])c(-c2ccc(F)cc2)c2c1=CCCC=2. The molecule has 1 aromatic carbocycles. The second-order valence-electron chi connectivity index (χ2n) is 7.91. The van der Waals surface area contributed by atoms with Crippen LogP contribution in [0.2, 0.25) is 0 Å². The van der Waals surface area contributed by atoms with Crippen molar-refractivity contribution < 1.29 is 24.5 Å². The molecule has 0 spiro atoms. The average Bonchev–Trinajstić information content (AvgIpc) is 3.00. The van der Waals surface area contributed by atoms with Crippen LogP contribution in [0.1, 0.15) is 51.3 Å². The first-order valence-electron chi connectivity index (χ1n) is 10.2. The van der Waals surface area contributed by atoms with Gasteiger partial charge in [-0.3, -0.25) is 0 Å². The van der Waals surface area contributed by atoms with Gasteiger partial charge in [-0.15, -0.1) is 0 Å². The molecule has 0 amide bonds. The minimum absolute atomic E-state index is 0.100. The fourth-order valence-electron chi connectivity index (χ4n) is 3.98. The highest BCUT2D eigenvalue weighted by Gasteiger charge is 2.18. The summed E-state index contributed by atoms with van der Waals surface area (Å²) >= 11 is 0. The zero-order valence-corrected chi connectivity index (χ0v) is 17.2. The van der Waals surface area contributed by atoms with Crippen LogP contribution >= 0.6 is 0 Å². The van der Waals surface area contributed by atoms with Gasteiger partial charge in [-0.05, 0) is 50.5 Å². The van der Waals surface area contributed by atoms with Crippen LogP contribution in [0.15, 0.2) is 30.3 Å². The third-order valence-electron chi connectivity index (χ3n) is 5.21. The second kappa shape index (κ2) is 9.41. The number of hydrogen-bond donors (Lipinski definition) is 2. The zero-order chi connectivity index (χ0) is 21.8. The number of carboxylic acids is 1. The molecule has 1 aromatic heterocycles. The number of carbonyl (C=O) groups is 1. The molecule has 1 aliphatic carbocycles. The van der Waals surface area contributed by atoms with Crippen LogP contribution in [0.4, 0.5) is 4.39 Å². The van der Waals surface area contributed by atoms with Gasteiger partial charge in [0.2, 0.25) is 0 Å². The van der Waals surface area contributed by atoms with Gasteiger partial charge in [-0.25, -0.2) is 4.39 Å². The first kappa shape index (κ1) is 22.0. The molecule has 0 unspecified atom stereocenters. The maximum Gasteiger partial charge on any atom is 0.123 e. The summed E-state index contributed by atoms with van der Waals surface area (Å²) in [5.41, 5.74) is 2.72. The van der Waals surface area contributed by atoms with E-state index in [-0.39, 0.29) is 18.3 Å². The molecule has 0 fully saturated rings. The minimum Gasteiger partial charge on any atom is -0.550 e. The predicted octanol–water partition coefficient (Wildman–Crippen LogP) is 1.50. The van der Waals surface area contributed by atoms with Crippen molar-refractivity contribution in [2.45, 2.75) is 57.8 Å². The van der Waals surface area contributed by atoms with Gasteiger partial charge in [0.15, 0.2) is 0 Å². The molecule has 2 aromatic rings. The van der Waals surface area contributed by atoms with Gasteiger partial charge in [0.25, 0.3) is 0 Å². The van der Waals surface area contributed by atoms with E-state index < -0.39 is 24.6 Å². The summed E-state index contributed by atoms with van der Waals surface area (Å²) in [5, 5.41) is 32.9. The molecule has 0 aliphatic heterocycles. The van der Waals surface area contributed by atoms with Gasteiger partial charge in [0, 0.05) is 46.7 Å². The number of aliphatic hydroxyl groups excluding tert-OH is 2. The Labute approximate surface area is 175 Å². The van der Waals surface area contributed by atoms with Crippen LogP contribution < -0.4 is 15.7 Å². The molecule has 2 N–H and O–H groups in total. The standard InChI is InChI=1S/C24H28FNO4/c1-15(2)26-21-6-4-3-5-20(21)24(16-7-9-17(25)10-8-16)22(26)12-11-18(27)13-19(28)14-23(29)30/h5-12,15,18-19,27-28H,3-4,13-14H2,1-2H3,(H,29,30)/p-1/b12-11+/t18-,19-/m0/s1. The summed E-state index contributed by atoms with van der Waals surface area (Å²) in [5.74, 6) is -1.66. The largest absolute Gasteiger partial charge is 0.550 e. The molecule has 0 saturated carbocycles. The monoisotopic (exact) mass is 412 g/mol. The number of carbonyl (C=O) groups excluding carboxylic acids is 1. The highest BCUT2D eigenvalue weighted by atomic mass is 19.1. The topological polar surface area (TPSA) is 85.5 Å². The third kappa shape index (κ3) is 4.89. The van der Waals surface area contributed by atoms with Crippen LogP contribution in [0.3, 0.4) is 0 Å². The van der Waals surface area contributed by atoms with Crippen LogP contribution in [0.5, 0.6) is 0 Å². The summed E-state index contributed by atoms with van der Waals surface area (Å²) < 4.78 is 15.7. The summed E-state index contributed by atoms with van der Waals surface area (Å²) in [7, 11) is 0. The second-order valence-corrected chi connectivity index (χ2v) is 7.91.